The molecular weight excluding hydrogens is 322 g/mol. The minimum Gasteiger partial charge on any atom is -0.463 e. The number of allylic oxidation sites excluding steroid dienone is 1. The zero-order chi connectivity index (χ0) is 17.8. The van der Waals surface area contributed by atoms with E-state index in [-0.39, 0.29) is 17.2 Å². The lowest BCUT2D eigenvalue weighted by molar-refractivity contribution is 0.0564. The van der Waals surface area contributed by atoms with E-state index in [1.165, 1.54) is 19.3 Å². The average molecular weight is 335 g/mol. The monoisotopic (exact) mass is 335 g/mol. The SMILES string of the molecule is COC(=O)c1ccc(C=C(C#N)c2nc(-c3ccc(C)cc3)no2)o1. The van der Waals surface area contributed by atoms with Gasteiger partial charge in [0.05, 0.1) is 7.11 Å². The minimum atomic E-state index is -0.599. The first-order chi connectivity index (χ1) is 12.1. The number of benzene rings is 1. The molecule has 0 unspecified atom stereocenters. The predicted octanol–water partition coefficient (Wildman–Crippen LogP) is 3.49. The molecule has 0 amide bonds. The number of ether oxygens (including phenoxy) is 1. The highest BCUT2D eigenvalue weighted by molar-refractivity contribution is 5.88. The highest BCUT2D eigenvalue weighted by atomic mass is 16.5. The molecule has 0 N–H and O–H groups in total. The third-order valence-electron chi connectivity index (χ3n) is 3.39. The molecule has 0 bridgehead atoms. The Kier molecular flexibility index (Phi) is 4.44. The molecule has 0 saturated heterocycles. The van der Waals surface area contributed by atoms with Crippen LogP contribution >= 0.6 is 0 Å². The second-order valence-corrected chi connectivity index (χ2v) is 5.15. The van der Waals surface area contributed by atoms with E-state index in [1.54, 1.807) is 6.07 Å². The number of hydrogen-bond donors (Lipinski definition) is 0. The molecule has 7 heteroatoms. The van der Waals surface area contributed by atoms with Gasteiger partial charge in [-0.05, 0) is 19.1 Å². The molecule has 1 aromatic carbocycles. The van der Waals surface area contributed by atoms with Crippen LogP contribution in [-0.4, -0.2) is 23.2 Å². The van der Waals surface area contributed by atoms with E-state index in [4.69, 9.17) is 8.94 Å². The van der Waals surface area contributed by atoms with Gasteiger partial charge in [0.2, 0.25) is 11.6 Å². The van der Waals surface area contributed by atoms with Crippen molar-refractivity contribution in [3.8, 4) is 17.5 Å². The van der Waals surface area contributed by atoms with E-state index in [1.807, 2.05) is 37.3 Å². The van der Waals surface area contributed by atoms with Crippen molar-refractivity contribution in [3.05, 3.63) is 59.4 Å². The zero-order valence-electron chi connectivity index (χ0n) is 13.5. The van der Waals surface area contributed by atoms with Gasteiger partial charge >= 0.3 is 5.97 Å². The van der Waals surface area contributed by atoms with Crippen LogP contribution in [0.4, 0.5) is 0 Å². The highest BCUT2D eigenvalue weighted by Crippen LogP contribution is 2.22. The largest absolute Gasteiger partial charge is 0.463 e. The lowest BCUT2D eigenvalue weighted by atomic mass is 10.1. The summed E-state index contributed by atoms with van der Waals surface area (Å²) in [5.74, 6) is 0.182. The molecule has 0 atom stereocenters. The number of hydrogen-bond acceptors (Lipinski definition) is 7. The van der Waals surface area contributed by atoms with E-state index >= 15 is 0 Å². The van der Waals surface area contributed by atoms with Gasteiger partial charge in [0, 0.05) is 11.6 Å². The quantitative estimate of drug-likeness (QED) is 0.531. The molecular formula is C18H13N3O4. The smallest absolute Gasteiger partial charge is 0.373 e. The summed E-state index contributed by atoms with van der Waals surface area (Å²) in [5, 5.41) is 13.2. The highest BCUT2D eigenvalue weighted by Gasteiger charge is 2.15. The normalized spacial score (nSPS) is 11.2. The second kappa shape index (κ2) is 6.84. The molecule has 0 aliphatic carbocycles. The fourth-order valence-electron chi connectivity index (χ4n) is 2.08. The standard InChI is InChI=1S/C18H13N3O4/c1-11-3-5-12(6-4-11)16-20-17(25-21-16)13(10-19)9-14-7-8-15(24-14)18(22)23-2/h3-9H,1-2H3. The number of carbonyl (C=O) groups is 1. The van der Waals surface area contributed by atoms with Crippen LogP contribution in [0.2, 0.25) is 0 Å². The first-order valence-corrected chi connectivity index (χ1v) is 7.32. The van der Waals surface area contributed by atoms with Crippen molar-refractivity contribution in [1.29, 1.82) is 5.26 Å². The van der Waals surface area contributed by atoms with Crippen molar-refractivity contribution in [2.24, 2.45) is 0 Å². The minimum absolute atomic E-state index is 0.0388. The van der Waals surface area contributed by atoms with Gasteiger partial charge in [-0.2, -0.15) is 10.2 Å². The summed E-state index contributed by atoms with van der Waals surface area (Å²) in [4.78, 5) is 15.6. The number of nitrogens with zero attached hydrogens (tertiary/aromatic N) is 3. The van der Waals surface area contributed by atoms with Gasteiger partial charge in [-0.3, -0.25) is 0 Å². The Morgan fingerprint density at radius 3 is 2.68 bits per heavy atom. The van der Waals surface area contributed by atoms with E-state index < -0.39 is 5.97 Å². The summed E-state index contributed by atoms with van der Waals surface area (Å²) in [5.41, 5.74) is 2.02. The molecule has 0 aliphatic rings. The van der Waals surface area contributed by atoms with Crippen LogP contribution in [-0.2, 0) is 4.74 Å². The fraction of sp³-hybridized carbons (Fsp3) is 0.111. The molecule has 0 aliphatic heterocycles. The van der Waals surface area contributed by atoms with E-state index in [0.29, 0.717) is 11.6 Å². The molecule has 124 valence electrons. The van der Waals surface area contributed by atoms with Crippen LogP contribution in [0.1, 0.15) is 27.8 Å². The molecule has 3 rings (SSSR count). The maximum Gasteiger partial charge on any atom is 0.373 e. The average Bonchev–Trinajstić information content (AvgIpc) is 3.29. The van der Waals surface area contributed by atoms with Crippen molar-refractivity contribution in [2.45, 2.75) is 6.92 Å². The summed E-state index contributed by atoms with van der Waals surface area (Å²) >= 11 is 0. The third kappa shape index (κ3) is 3.48. The summed E-state index contributed by atoms with van der Waals surface area (Å²) in [7, 11) is 1.26. The Balaban J connectivity index is 1.89. The lowest BCUT2D eigenvalue weighted by Crippen LogP contribution is -1.98. The number of rotatable bonds is 4. The van der Waals surface area contributed by atoms with Crippen LogP contribution in [0.15, 0.2) is 45.3 Å². The molecule has 0 fully saturated rings. The molecule has 0 saturated carbocycles. The molecule has 2 aromatic heterocycles. The number of carbonyl (C=O) groups excluding carboxylic acids is 1. The molecule has 0 radical (unpaired) electrons. The topological polar surface area (TPSA) is 102 Å². The van der Waals surface area contributed by atoms with Gasteiger partial charge in [0.15, 0.2) is 0 Å². The summed E-state index contributed by atoms with van der Waals surface area (Å²) in [6.07, 6.45) is 1.42. The van der Waals surface area contributed by atoms with Crippen LogP contribution in [0.5, 0.6) is 0 Å². The van der Waals surface area contributed by atoms with Crippen LogP contribution in [0.3, 0.4) is 0 Å². The third-order valence-corrected chi connectivity index (χ3v) is 3.39. The van der Waals surface area contributed by atoms with E-state index in [0.717, 1.165) is 11.1 Å². The first kappa shape index (κ1) is 16.2. The fourth-order valence-corrected chi connectivity index (χ4v) is 2.08. The Labute approximate surface area is 143 Å². The molecule has 2 heterocycles. The summed E-state index contributed by atoms with van der Waals surface area (Å²) in [6.45, 7) is 1.98. The number of nitriles is 1. The van der Waals surface area contributed by atoms with Crippen molar-refractivity contribution >= 4 is 17.6 Å². The molecule has 25 heavy (non-hydrogen) atoms. The van der Waals surface area contributed by atoms with Gasteiger partial charge < -0.3 is 13.7 Å². The number of aryl methyl sites for hydroxylation is 1. The van der Waals surface area contributed by atoms with Gasteiger partial charge in [-0.15, -0.1) is 0 Å². The van der Waals surface area contributed by atoms with Gasteiger partial charge in [-0.25, -0.2) is 4.79 Å². The number of furan rings is 1. The Morgan fingerprint density at radius 2 is 2.00 bits per heavy atom. The van der Waals surface area contributed by atoms with Crippen LogP contribution in [0.25, 0.3) is 23.0 Å². The first-order valence-electron chi connectivity index (χ1n) is 7.32. The van der Waals surface area contributed by atoms with Gasteiger partial charge in [-0.1, -0.05) is 35.0 Å². The maximum absolute atomic E-state index is 11.4. The molecule has 7 nitrogen and oxygen atoms in total. The molecule has 3 aromatic rings. The predicted molar refractivity (Wildman–Crippen MR) is 88.0 cm³/mol. The van der Waals surface area contributed by atoms with Crippen molar-refractivity contribution < 1.29 is 18.5 Å². The zero-order valence-corrected chi connectivity index (χ0v) is 13.5. The van der Waals surface area contributed by atoms with Crippen LogP contribution < -0.4 is 0 Å². The molecule has 0 spiro atoms. The Hall–Kier alpha value is -3.66. The van der Waals surface area contributed by atoms with Crippen molar-refractivity contribution in [1.82, 2.24) is 10.1 Å². The van der Waals surface area contributed by atoms with E-state index in [2.05, 4.69) is 14.9 Å². The summed E-state index contributed by atoms with van der Waals surface area (Å²) < 4.78 is 15.0. The lowest BCUT2D eigenvalue weighted by Gasteiger charge is -1.94. The van der Waals surface area contributed by atoms with Gasteiger partial charge in [0.25, 0.3) is 5.89 Å². The second-order valence-electron chi connectivity index (χ2n) is 5.15. The number of methoxy groups -OCH3 is 1. The van der Waals surface area contributed by atoms with Crippen molar-refractivity contribution in [3.63, 3.8) is 0 Å². The van der Waals surface area contributed by atoms with Gasteiger partial charge in [0.1, 0.15) is 17.4 Å². The van der Waals surface area contributed by atoms with E-state index in [9.17, 15) is 10.1 Å². The Bertz CT molecular complexity index is 974. The number of esters is 1. The number of aromatic nitrogens is 2. The maximum atomic E-state index is 11.4. The summed E-state index contributed by atoms with van der Waals surface area (Å²) in [6, 6.07) is 12.6. The van der Waals surface area contributed by atoms with Crippen LogP contribution in [0, 0.1) is 18.3 Å². The Morgan fingerprint density at radius 1 is 1.24 bits per heavy atom. The van der Waals surface area contributed by atoms with Crippen molar-refractivity contribution in [2.75, 3.05) is 7.11 Å².